The number of carbonyl (C=O) groups excluding carboxylic acids is 1. The van der Waals surface area contributed by atoms with Crippen molar-refractivity contribution in [3.63, 3.8) is 0 Å². The molecule has 0 aliphatic heterocycles. The van der Waals surface area contributed by atoms with Crippen LogP contribution in [0.2, 0.25) is 0 Å². The van der Waals surface area contributed by atoms with E-state index in [9.17, 15) is 4.79 Å². The van der Waals surface area contributed by atoms with Gasteiger partial charge in [0, 0.05) is 5.70 Å². The van der Waals surface area contributed by atoms with Crippen molar-refractivity contribution in [3.05, 3.63) is 11.8 Å². The van der Waals surface area contributed by atoms with E-state index < -0.39 is 0 Å². The van der Waals surface area contributed by atoms with E-state index in [2.05, 4.69) is 18.3 Å². The molecule has 0 aromatic rings. The minimum Gasteiger partial charge on any atom is -0.382 e. The van der Waals surface area contributed by atoms with Crippen LogP contribution in [0, 0.1) is 0 Å². The van der Waals surface area contributed by atoms with Crippen molar-refractivity contribution < 1.29 is 4.79 Å². The zero-order chi connectivity index (χ0) is 7.98. The summed E-state index contributed by atoms with van der Waals surface area (Å²) in [7, 11) is 0. The molecule has 0 aromatic carbocycles. The lowest BCUT2D eigenvalue weighted by molar-refractivity contribution is -0.116. The fourth-order valence-electron chi connectivity index (χ4n) is 0.642. The third-order valence-corrected chi connectivity index (χ3v) is 1.13. The van der Waals surface area contributed by atoms with Crippen molar-refractivity contribution >= 4 is 5.78 Å². The Morgan fingerprint density at radius 2 is 2.10 bits per heavy atom. The zero-order valence-corrected chi connectivity index (χ0v) is 6.90. The van der Waals surface area contributed by atoms with Gasteiger partial charge in [-0.3, -0.25) is 4.79 Å². The first kappa shape index (κ1) is 9.21. The van der Waals surface area contributed by atoms with E-state index >= 15 is 0 Å². The van der Waals surface area contributed by atoms with E-state index in [1.807, 2.05) is 6.92 Å². The molecule has 0 saturated carbocycles. The Kier molecular flexibility index (Phi) is 4.63. The summed E-state index contributed by atoms with van der Waals surface area (Å²) in [6.07, 6.45) is 3.07. The van der Waals surface area contributed by atoms with Crippen LogP contribution in [0.25, 0.3) is 0 Å². The smallest absolute Gasteiger partial charge is 0.148 e. The molecule has 1 N–H and O–H groups in total. The van der Waals surface area contributed by atoms with Crippen molar-refractivity contribution in [2.24, 2.45) is 0 Å². The van der Waals surface area contributed by atoms with Gasteiger partial charge in [0.25, 0.3) is 0 Å². The Labute approximate surface area is 62.3 Å². The molecular formula is C8H15NO. The molecule has 0 unspecified atom stereocenters. The van der Waals surface area contributed by atoms with Crippen LogP contribution < -0.4 is 5.32 Å². The Hall–Kier alpha value is -0.790. The summed E-state index contributed by atoms with van der Waals surface area (Å²) in [4.78, 5) is 10.5. The fraction of sp³-hybridized carbons (Fsp3) is 0.625. The Morgan fingerprint density at radius 3 is 2.50 bits per heavy atom. The van der Waals surface area contributed by atoms with Crippen LogP contribution in [0.4, 0.5) is 0 Å². The van der Waals surface area contributed by atoms with Crippen molar-refractivity contribution in [1.82, 2.24) is 5.32 Å². The van der Waals surface area contributed by atoms with Crippen LogP contribution in [-0.2, 0) is 4.79 Å². The number of hydrogen-bond acceptors (Lipinski definition) is 2. The van der Waals surface area contributed by atoms with E-state index in [4.69, 9.17) is 0 Å². The van der Waals surface area contributed by atoms with Gasteiger partial charge in [-0.25, -0.2) is 0 Å². The van der Waals surface area contributed by atoms with Gasteiger partial charge in [0.15, 0.2) is 0 Å². The lowest BCUT2D eigenvalue weighted by Crippen LogP contribution is -2.18. The molecule has 2 nitrogen and oxygen atoms in total. The predicted molar refractivity (Wildman–Crippen MR) is 42.7 cm³/mol. The minimum absolute atomic E-state index is 0.170. The van der Waals surface area contributed by atoms with Crippen molar-refractivity contribution in [2.45, 2.75) is 27.2 Å². The SMILES string of the molecule is CC/C=C(/C)NCC(C)=O. The van der Waals surface area contributed by atoms with E-state index in [1.54, 1.807) is 6.92 Å². The average Bonchev–Trinajstić information content (AvgIpc) is 1.85. The summed E-state index contributed by atoms with van der Waals surface area (Å²) < 4.78 is 0. The van der Waals surface area contributed by atoms with Gasteiger partial charge in [0.05, 0.1) is 6.54 Å². The quantitative estimate of drug-likeness (QED) is 0.642. The molecule has 0 fully saturated rings. The van der Waals surface area contributed by atoms with E-state index in [-0.39, 0.29) is 5.78 Å². The number of allylic oxidation sites excluding steroid dienone is 2. The molecule has 0 spiro atoms. The lowest BCUT2D eigenvalue weighted by Gasteiger charge is -2.01. The van der Waals surface area contributed by atoms with Crippen LogP contribution in [-0.4, -0.2) is 12.3 Å². The third kappa shape index (κ3) is 5.35. The maximum atomic E-state index is 10.5. The average molecular weight is 141 g/mol. The molecule has 0 heterocycles. The third-order valence-electron chi connectivity index (χ3n) is 1.13. The monoisotopic (exact) mass is 141 g/mol. The topological polar surface area (TPSA) is 29.1 Å². The maximum absolute atomic E-state index is 10.5. The minimum atomic E-state index is 0.170. The first-order valence-corrected chi connectivity index (χ1v) is 3.57. The molecule has 0 amide bonds. The van der Waals surface area contributed by atoms with Crippen LogP contribution in [0.3, 0.4) is 0 Å². The Morgan fingerprint density at radius 1 is 1.50 bits per heavy atom. The van der Waals surface area contributed by atoms with Crippen LogP contribution in [0.15, 0.2) is 11.8 Å². The number of rotatable bonds is 4. The number of Topliss-reactive ketones (excluding diaryl/α,β-unsaturated/α-hetero) is 1. The van der Waals surface area contributed by atoms with Crippen molar-refractivity contribution in [2.75, 3.05) is 6.54 Å². The van der Waals surface area contributed by atoms with Gasteiger partial charge in [-0.1, -0.05) is 13.0 Å². The maximum Gasteiger partial charge on any atom is 0.148 e. The van der Waals surface area contributed by atoms with Crippen molar-refractivity contribution in [1.29, 1.82) is 0 Å². The number of nitrogens with one attached hydrogen (secondary N) is 1. The van der Waals surface area contributed by atoms with E-state index in [1.165, 1.54) is 0 Å². The molecular weight excluding hydrogens is 126 g/mol. The molecule has 10 heavy (non-hydrogen) atoms. The van der Waals surface area contributed by atoms with Gasteiger partial charge in [0.2, 0.25) is 0 Å². The van der Waals surface area contributed by atoms with Gasteiger partial charge >= 0.3 is 0 Å². The van der Waals surface area contributed by atoms with Crippen molar-refractivity contribution in [3.8, 4) is 0 Å². The predicted octanol–water partition coefficient (Wildman–Crippen LogP) is 1.48. The number of carbonyl (C=O) groups is 1. The lowest BCUT2D eigenvalue weighted by atomic mass is 10.3. The molecule has 0 rings (SSSR count). The summed E-state index contributed by atoms with van der Waals surface area (Å²) in [6.45, 7) is 6.06. The van der Waals surface area contributed by atoms with Gasteiger partial charge in [-0.2, -0.15) is 0 Å². The Bertz CT molecular complexity index is 138. The molecule has 0 aliphatic rings. The standard InChI is InChI=1S/C8H15NO/c1-4-5-7(2)9-6-8(3)10/h5,9H,4,6H2,1-3H3/b7-5-. The molecule has 2 heteroatoms. The second-order valence-electron chi connectivity index (χ2n) is 2.35. The Balaban J connectivity index is 3.48. The summed E-state index contributed by atoms with van der Waals surface area (Å²) in [5.74, 6) is 0.170. The molecule has 0 aliphatic carbocycles. The van der Waals surface area contributed by atoms with Crippen LogP contribution in [0.5, 0.6) is 0 Å². The largest absolute Gasteiger partial charge is 0.382 e. The van der Waals surface area contributed by atoms with Gasteiger partial charge < -0.3 is 5.32 Å². The second-order valence-corrected chi connectivity index (χ2v) is 2.35. The van der Waals surface area contributed by atoms with Gasteiger partial charge in [0.1, 0.15) is 5.78 Å². The highest BCUT2D eigenvalue weighted by Gasteiger charge is 1.90. The fourth-order valence-corrected chi connectivity index (χ4v) is 0.642. The molecule has 0 bridgehead atoms. The van der Waals surface area contributed by atoms with Crippen LogP contribution >= 0.6 is 0 Å². The van der Waals surface area contributed by atoms with Gasteiger partial charge in [-0.05, 0) is 20.3 Å². The summed E-state index contributed by atoms with van der Waals surface area (Å²) >= 11 is 0. The summed E-state index contributed by atoms with van der Waals surface area (Å²) in [5, 5.41) is 2.99. The van der Waals surface area contributed by atoms with E-state index in [0.29, 0.717) is 6.54 Å². The van der Waals surface area contributed by atoms with Gasteiger partial charge in [-0.15, -0.1) is 0 Å². The highest BCUT2D eigenvalue weighted by molar-refractivity contribution is 5.77. The normalized spacial score (nSPS) is 11.3. The van der Waals surface area contributed by atoms with Crippen LogP contribution in [0.1, 0.15) is 27.2 Å². The highest BCUT2D eigenvalue weighted by atomic mass is 16.1. The molecule has 0 saturated heterocycles. The second kappa shape index (κ2) is 5.03. The van der Waals surface area contributed by atoms with E-state index in [0.717, 1.165) is 12.1 Å². The zero-order valence-electron chi connectivity index (χ0n) is 6.90. The first-order chi connectivity index (χ1) is 4.66. The molecule has 0 radical (unpaired) electrons. The molecule has 58 valence electrons. The number of ketones is 1. The summed E-state index contributed by atoms with van der Waals surface area (Å²) in [5.41, 5.74) is 1.08. The highest BCUT2D eigenvalue weighted by Crippen LogP contribution is 1.88. The number of hydrogen-bond donors (Lipinski definition) is 1. The first-order valence-electron chi connectivity index (χ1n) is 3.57. The summed E-state index contributed by atoms with van der Waals surface area (Å²) in [6, 6.07) is 0. The molecule has 0 atom stereocenters. The molecule has 0 aromatic heterocycles.